The maximum Gasteiger partial charge on any atom is 0.225 e. The first-order valence-corrected chi connectivity index (χ1v) is 8.97. The molecular weight excluding hydrogens is 316 g/mol. The van der Waals surface area contributed by atoms with Gasteiger partial charge in [0.05, 0.1) is 23.0 Å². The van der Waals surface area contributed by atoms with E-state index in [1.54, 1.807) is 0 Å². The minimum absolute atomic E-state index is 0.00873. The molecule has 0 aromatic carbocycles. The lowest BCUT2D eigenvalue weighted by Crippen LogP contribution is -2.41. The van der Waals surface area contributed by atoms with E-state index in [0.717, 1.165) is 48.5 Å². The topological polar surface area (TPSA) is 72.1 Å². The Morgan fingerprint density at radius 1 is 1.24 bits per heavy atom. The van der Waals surface area contributed by atoms with Crippen molar-refractivity contribution in [3.05, 3.63) is 28.9 Å². The molecule has 3 heterocycles. The molecule has 0 N–H and O–H groups in total. The van der Waals surface area contributed by atoms with E-state index in [9.17, 15) is 4.79 Å². The zero-order valence-electron chi connectivity index (χ0n) is 15.7. The molecule has 1 saturated heterocycles. The van der Waals surface area contributed by atoms with Gasteiger partial charge in [-0.2, -0.15) is 0 Å². The number of nitrogens with zero attached hydrogens (tertiary/aromatic N) is 4. The number of carbonyl (C=O) groups excluding carboxylic acids is 1. The number of hydrogen-bond acceptors (Lipinski definition) is 5. The summed E-state index contributed by atoms with van der Waals surface area (Å²) >= 11 is 0. The summed E-state index contributed by atoms with van der Waals surface area (Å²) < 4.78 is 5.27. The fourth-order valence-corrected chi connectivity index (χ4v) is 3.51. The molecule has 1 aliphatic heterocycles. The molecule has 0 bridgehead atoms. The van der Waals surface area contributed by atoms with Crippen LogP contribution in [0.25, 0.3) is 11.4 Å². The highest BCUT2D eigenvalue weighted by atomic mass is 16.5. The van der Waals surface area contributed by atoms with E-state index in [4.69, 9.17) is 9.51 Å². The second-order valence-electron chi connectivity index (χ2n) is 7.15. The minimum Gasteiger partial charge on any atom is -0.361 e. The average Bonchev–Trinajstić information content (AvgIpc) is 2.92. The van der Waals surface area contributed by atoms with Gasteiger partial charge in [-0.15, -0.1) is 0 Å². The van der Waals surface area contributed by atoms with Crippen LogP contribution in [0.5, 0.6) is 0 Å². The summed E-state index contributed by atoms with van der Waals surface area (Å²) in [4.78, 5) is 24.0. The van der Waals surface area contributed by atoms with Gasteiger partial charge in [0.25, 0.3) is 0 Å². The number of carbonyl (C=O) groups is 1. The molecule has 134 valence electrons. The van der Waals surface area contributed by atoms with Crippen molar-refractivity contribution in [3.63, 3.8) is 0 Å². The van der Waals surface area contributed by atoms with Gasteiger partial charge in [0.2, 0.25) is 5.91 Å². The predicted molar refractivity (Wildman–Crippen MR) is 94.9 cm³/mol. The van der Waals surface area contributed by atoms with Crippen molar-refractivity contribution in [2.24, 2.45) is 5.92 Å². The molecule has 1 atom stereocenters. The Labute approximate surface area is 148 Å². The van der Waals surface area contributed by atoms with Crippen LogP contribution in [0, 0.1) is 26.7 Å². The monoisotopic (exact) mass is 342 g/mol. The zero-order valence-corrected chi connectivity index (χ0v) is 15.7. The molecule has 6 heteroatoms. The first kappa shape index (κ1) is 17.6. The first-order valence-electron chi connectivity index (χ1n) is 8.97. The van der Waals surface area contributed by atoms with Gasteiger partial charge in [0.15, 0.2) is 5.82 Å². The number of likely N-dealkylation sites (tertiary alicyclic amines) is 1. The van der Waals surface area contributed by atoms with Crippen LogP contribution in [0.1, 0.15) is 62.0 Å². The van der Waals surface area contributed by atoms with Crippen molar-refractivity contribution in [2.45, 2.75) is 59.9 Å². The largest absolute Gasteiger partial charge is 0.361 e. The van der Waals surface area contributed by atoms with Gasteiger partial charge in [-0.25, -0.2) is 9.97 Å². The second kappa shape index (κ2) is 6.94. The highest BCUT2D eigenvalue weighted by molar-refractivity contribution is 5.78. The molecular formula is C19H26N4O2. The van der Waals surface area contributed by atoms with Crippen LogP contribution in [0.3, 0.4) is 0 Å². The van der Waals surface area contributed by atoms with E-state index in [1.807, 2.05) is 45.6 Å². The van der Waals surface area contributed by atoms with Crippen molar-refractivity contribution in [3.8, 4) is 11.4 Å². The molecule has 25 heavy (non-hydrogen) atoms. The Morgan fingerprint density at radius 3 is 2.64 bits per heavy atom. The lowest BCUT2D eigenvalue weighted by atomic mass is 9.96. The molecule has 1 fully saturated rings. The van der Waals surface area contributed by atoms with E-state index in [-0.39, 0.29) is 17.9 Å². The van der Waals surface area contributed by atoms with Crippen LogP contribution in [0.4, 0.5) is 0 Å². The molecule has 0 radical (unpaired) electrons. The smallest absolute Gasteiger partial charge is 0.225 e. The van der Waals surface area contributed by atoms with Crippen molar-refractivity contribution >= 4 is 5.91 Å². The van der Waals surface area contributed by atoms with Crippen molar-refractivity contribution < 1.29 is 9.32 Å². The molecule has 6 nitrogen and oxygen atoms in total. The summed E-state index contributed by atoms with van der Waals surface area (Å²) in [7, 11) is 0. The zero-order chi connectivity index (χ0) is 18.1. The fraction of sp³-hybridized carbons (Fsp3) is 0.579. The lowest BCUT2D eigenvalue weighted by Gasteiger charge is -2.36. The van der Waals surface area contributed by atoms with Crippen LogP contribution in [-0.2, 0) is 4.79 Å². The third-order valence-corrected chi connectivity index (χ3v) is 4.75. The minimum atomic E-state index is -0.00873. The molecule has 1 amide bonds. The molecule has 0 aliphatic carbocycles. The van der Waals surface area contributed by atoms with Crippen LogP contribution in [0.2, 0.25) is 0 Å². The Balaban J connectivity index is 2.03. The van der Waals surface area contributed by atoms with Gasteiger partial charge >= 0.3 is 0 Å². The highest BCUT2D eigenvalue weighted by Gasteiger charge is 2.31. The van der Waals surface area contributed by atoms with Gasteiger partial charge < -0.3 is 9.42 Å². The Morgan fingerprint density at radius 2 is 2.00 bits per heavy atom. The van der Waals surface area contributed by atoms with Crippen molar-refractivity contribution in [1.82, 2.24) is 20.0 Å². The maximum absolute atomic E-state index is 12.6. The third-order valence-electron chi connectivity index (χ3n) is 4.75. The van der Waals surface area contributed by atoms with Crippen LogP contribution < -0.4 is 0 Å². The van der Waals surface area contributed by atoms with Gasteiger partial charge in [0, 0.05) is 18.2 Å². The van der Waals surface area contributed by atoms with Gasteiger partial charge in [-0.3, -0.25) is 4.79 Å². The first-order chi connectivity index (χ1) is 11.9. The van der Waals surface area contributed by atoms with Gasteiger partial charge in [-0.1, -0.05) is 19.0 Å². The fourth-order valence-electron chi connectivity index (χ4n) is 3.51. The SMILES string of the molecule is Cc1cc([C@@H]2CCCCN2C(=O)C(C)C)nc(-c2c(C)noc2C)n1. The van der Waals surface area contributed by atoms with E-state index < -0.39 is 0 Å². The van der Waals surface area contributed by atoms with Crippen molar-refractivity contribution in [1.29, 1.82) is 0 Å². The lowest BCUT2D eigenvalue weighted by molar-refractivity contribution is -0.138. The summed E-state index contributed by atoms with van der Waals surface area (Å²) in [5.41, 5.74) is 3.44. The highest BCUT2D eigenvalue weighted by Crippen LogP contribution is 2.33. The number of piperidine rings is 1. The maximum atomic E-state index is 12.6. The Hall–Kier alpha value is -2.24. The van der Waals surface area contributed by atoms with Gasteiger partial charge in [-0.05, 0) is 46.1 Å². The molecule has 2 aromatic rings. The quantitative estimate of drug-likeness (QED) is 0.849. The number of aryl methyl sites for hydroxylation is 3. The average molecular weight is 342 g/mol. The number of amides is 1. The third kappa shape index (κ3) is 3.43. The van der Waals surface area contributed by atoms with Crippen LogP contribution in [0.15, 0.2) is 10.6 Å². The predicted octanol–water partition coefficient (Wildman–Crippen LogP) is 3.77. The van der Waals surface area contributed by atoms with E-state index in [2.05, 4.69) is 10.1 Å². The molecule has 0 spiro atoms. The van der Waals surface area contributed by atoms with E-state index >= 15 is 0 Å². The summed E-state index contributed by atoms with van der Waals surface area (Å²) in [5, 5.41) is 4.01. The summed E-state index contributed by atoms with van der Waals surface area (Å²) in [6.45, 7) is 10.4. The summed E-state index contributed by atoms with van der Waals surface area (Å²) in [5.74, 6) is 1.53. The van der Waals surface area contributed by atoms with E-state index in [1.165, 1.54) is 0 Å². The summed E-state index contributed by atoms with van der Waals surface area (Å²) in [6, 6.07) is 2.02. The Bertz CT molecular complexity index is 762. The van der Waals surface area contributed by atoms with E-state index in [0.29, 0.717) is 11.6 Å². The molecule has 0 saturated carbocycles. The number of hydrogen-bond donors (Lipinski definition) is 0. The Kier molecular flexibility index (Phi) is 4.88. The number of rotatable bonds is 3. The van der Waals surface area contributed by atoms with Gasteiger partial charge in [0.1, 0.15) is 5.76 Å². The number of aromatic nitrogens is 3. The normalized spacial score (nSPS) is 18.0. The molecule has 1 aliphatic rings. The molecule has 3 rings (SSSR count). The second-order valence-corrected chi connectivity index (χ2v) is 7.15. The molecule has 0 unspecified atom stereocenters. The standard InChI is InChI=1S/C19H26N4O2/c1-11(2)19(24)23-9-7-6-8-16(23)15-10-12(3)20-18(21-15)17-13(4)22-25-14(17)5/h10-11,16H,6-9H2,1-5H3/t16-/m0/s1. The summed E-state index contributed by atoms with van der Waals surface area (Å²) in [6.07, 6.45) is 3.10. The van der Waals surface area contributed by atoms with Crippen LogP contribution >= 0.6 is 0 Å². The van der Waals surface area contributed by atoms with Crippen LogP contribution in [-0.4, -0.2) is 32.5 Å². The molecule has 2 aromatic heterocycles. The van der Waals surface area contributed by atoms with Crippen molar-refractivity contribution in [2.75, 3.05) is 6.54 Å².